The molecule has 0 aliphatic carbocycles. The number of halogens is 1. The Morgan fingerprint density at radius 1 is 0.923 bits per heavy atom. The highest BCUT2D eigenvalue weighted by molar-refractivity contribution is 5.17. The maximum absolute atomic E-state index is 13.8. The molecule has 0 aliphatic heterocycles. The van der Waals surface area contributed by atoms with Crippen LogP contribution in [0.3, 0.4) is 0 Å². The van der Waals surface area contributed by atoms with Gasteiger partial charge in [-0.15, -0.1) is 0 Å². The Kier molecular flexibility index (Phi) is 9.85. The first-order valence-corrected chi connectivity index (χ1v) is 10.6. The van der Waals surface area contributed by atoms with Crippen LogP contribution >= 0.6 is 0 Å². The lowest BCUT2D eigenvalue weighted by atomic mass is 9.69. The standard InChI is InChI=1S/C24H41FO/c1-7-8-9-10-11-12-17-22(23(2,3)4)24(5,6)26-19-18-20-15-13-14-16-21(20)25/h13-16,22H,7-12,17-19H2,1-6H3. The van der Waals surface area contributed by atoms with Crippen molar-refractivity contribution in [2.75, 3.05) is 6.61 Å². The molecule has 0 aromatic heterocycles. The van der Waals surface area contributed by atoms with Crippen LogP contribution in [-0.4, -0.2) is 12.2 Å². The van der Waals surface area contributed by atoms with Crippen LogP contribution in [0.1, 0.15) is 92.1 Å². The zero-order chi connectivity index (χ0) is 19.6. The van der Waals surface area contributed by atoms with Gasteiger partial charge in [-0.2, -0.15) is 0 Å². The van der Waals surface area contributed by atoms with Crippen molar-refractivity contribution in [2.45, 2.75) is 98.5 Å². The summed E-state index contributed by atoms with van der Waals surface area (Å²) in [5, 5.41) is 0. The fourth-order valence-electron chi connectivity index (χ4n) is 4.18. The molecular weight excluding hydrogens is 323 g/mol. The van der Waals surface area contributed by atoms with E-state index in [1.807, 2.05) is 12.1 Å². The molecule has 1 atom stereocenters. The quantitative estimate of drug-likeness (QED) is 0.347. The van der Waals surface area contributed by atoms with Gasteiger partial charge in [0.25, 0.3) is 0 Å². The second-order valence-corrected chi connectivity index (χ2v) is 9.27. The van der Waals surface area contributed by atoms with Crippen LogP contribution < -0.4 is 0 Å². The van der Waals surface area contributed by atoms with Crippen LogP contribution in [0, 0.1) is 17.2 Å². The van der Waals surface area contributed by atoms with Gasteiger partial charge in [0.2, 0.25) is 0 Å². The monoisotopic (exact) mass is 364 g/mol. The van der Waals surface area contributed by atoms with Gasteiger partial charge < -0.3 is 4.74 Å². The first kappa shape index (κ1) is 23.1. The molecule has 0 radical (unpaired) electrons. The molecule has 1 rings (SSSR count). The molecule has 1 nitrogen and oxygen atoms in total. The summed E-state index contributed by atoms with van der Waals surface area (Å²) in [5.74, 6) is 0.357. The minimum absolute atomic E-state index is 0.131. The van der Waals surface area contributed by atoms with Crippen molar-refractivity contribution in [1.29, 1.82) is 0 Å². The Balaban J connectivity index is 2.54. The summed E-state index contributed by atoms with van der Waals surface area (Å²) in [5.41, 5.74) is 0.740. The minimum atomic E-state index is -0.201. The number of unbranched alkanes of at least 4 members (excludes halogenated alkanes) is 5. The van der Waals surface area contributed by atoms with Crippen LogP contribution in [0.4, 0.5) is 4.39 Å². The van der Waals surface area contributed by atoms with Crippen molar-refractivity contribution >= 4 is 0 Å². The number of hydrogen-bond donors (Lipinski definition) is 0. The van der Waals surface area contributed by atoms with Gasteiger partial charge in [-0.1, -0.05) is 84.4 Å². The normalized spacial score (nSPS) is 13.8. The zero-order valence-electron chi connectivity index (χ0n) is 18.0. The molecule has 1 aromatic carbocycles. The smallest absolute Gasteiger partial charge is 0.126 e. The van der Waals surface area contributed by atoms with E-state index in [0.29, 0.717) is 18.9 Å². The third-order valence-corrected chi connectivity index (χ3v) is 5.53. The Labute approximate surface area is 161 Å². The van der Waals surface area contributed by atoms with Gasteiger partial charge >= 0.3 is 0 Å². The van der Waals surface area contributed by atoms with E-state index >= 15 is 0 Å². The number of rotatable bonds is 12. The Hall–Kier alpha value is -0.890. The number of benzene rings is 1. The summed E-state index contributed by atoms with van der Waals surface area (Å²) in [7, 11) is 0. The Morgan fingerprint density at radius 2 is 1.54 bits per heavy atom. The van der Waals surface area contributed by atoms with Gasteiger partial charge in [-0.05, 0) is 49.7 Å². The summed E-state index contributed by atoms with van der Waals surface area (Å²) < 4.78 is 20.1. The maximum Gasteiger partial charge on any atom is 0.126 e. The molecule has 0 saturated heterocycles. The van der Waals surface area contributed by atoms with Crippen molar-refractivity contribution in [1.82, 2.24) is 0 Å². The van der Waals surface area contributed by atoms with E-state index in [0.717, 1.165) is 5.56 Å². The Morgan fingerprint density at radius 3 is 2.15 bits per heavy atom. The van der Waals surface area contributed by atoms with Crippen LogP contribution in [-0.2, 0) is 11.2 Å². The maximum atomic E-state index is 13.8. The topological polar surface area (TPSA) is 9.23 Å². The SMILES string of the molecule is CCCCCCCCC(C(C)(C)C)C(C)(C)OCCc1ccccc1F. The Bertz CT molecular complexity index is 501. The lowest BCUT2D eigenvalue weighted by Crippen LogP contribution is -2.42. The molecule has 0 fully saturated rings. The van der Waals surface area contributed by atoms with Crippen LogP contribution in [0.15, 0.2) is 24.3 Å². The van der Waals surface area contributed by atoms with Crippen molar-refractivity contribution in [3.8, 4) is 0 Å². The van der Waals surface area contributed by atoms with Gasteiger partial charge in [-0.25, -0.2) is 4.39 Å². The molecule has 26 heavy (non-hydrogen) atoms. The fourth-order valence-corrected chi connectivity index (χ4v) is 4.18. The highest BCUT2D eigenvalue weighted by atomic mass is 19.1. The molecule has 0 amide bonds. The molecular formula is C24H41FO. The molecule has 0 bridgehead atoms. The highest BCUT2D eigenvalue weighted by Crippen LogP contribution is 2.40. The van der Waals surface area contributed by atoms with Crippen LogP contribution in [0.2, 0.25) is 0 Å². The van der Waals surface area contributed by atoms with Crippen molar-refractivity contribution in [3.63, 3.8) is 0 Å². The van der Waals surface area contributed by atoms with Crippen molar-refractivity contribution in [3.05, 3.63) is 35.6 Å². The minimum Gasteiger partial charge on any atom is -0.375 e. The van der Waals surface area contributed by atoms with E-state index in [-0.39, 0.29) is 16.8 Å². The largest absolute Gasteiger partial charge is 0.375 e. The molecule has 0 heterocycles. The van der Waals surface area contributed by atoms with Gasteiger partial charge in [0.15, 0.2) is 0 Å². The lowest BCUT2D eigenvalue weighted by molar-refractivity contribution is -0.0944. The van der Waals surface area contributed by atoms with E-state index in [9.17, 15) is 4.39 Å². The molecule has 0 N–H and O–H groups in total. The number of hydrogen-bond acceptors (Lipinski definition) is 1. The summed E-state index contributed by atoms with van der Waals surface area (Å²) >= 11 is 0. The molecule has 0 aliphatic rings. The summed E-state index contributed by atoms with van der Waals surface area (Å²) in [6, 6.07) is 7.00. The van der Waals surface area contributed by atoms with Crippen LogP contribution in [0.5, 0.6) is 0 Å². The summed E-state index contributed by atoms with van der Waals surface area (Å²) in [4.78, 5) is 0. The van der Waals surface area contributed by atoms with E-state index in [1.54, 1.807) is 6.07 Å². The van der Waals surface area contributed by atoms with Crippen molar-refractivity contribution < 1.29 is 9.13 Å². The van der Waals surface area contributed by atoms with Gasteiger partial charge in [0.05, 0.1) is 12.2 Å². The average Bonchev–Trinajstić information content (AvgIpc) is 2.54. The second kappa shape index (κ2) is 11.1. The molecule has 1 aromatic rings. The highest BCUT2D eigenvalue weighted by Gasteiger charge is 2.38. The van der Waals surface area contributed by atoms with E-state index < -0.39 is 0 Å². The first-order valence-electron chi connectivity index (χ1n) is 10.6. The third kappa shape index (κ3) is 8.20. The van der Waals surface area contributed by atoms with Gasteiger partial charge in [0.1, 0.15) is 5.82 Å². The van der Waals surface area contributed by atoms with Gasteiger partial charge in [-0.3, -0.25) is 0 Å². The number of ether oxygens (including phenoxy) is 1. The average molecular weight is 365 g/mol. The second-order valence-electron chi connectivity index (χ2n) is 9.27. The predicted octanol–water partition coefficient (Wildman–Crippen LogP) is 7.58. The molecule has 0 spiro atoms. The molecule has 1 unspecified atom stereocenters. The van der Waals surface area contributed by atoms with E-state index in [4.69, 9.17) is 4.74 Å². The van der Waals surface area contributed by atoms with Crippen molar-refractivity contribution in [2.24, 2.45) is 11.3 Å². The third-order valence-electron chi connectivity index (χ3n) is 5.53. The molecule has 2 heteroatoms. The van der Waals surface area contributed by atoms with Crippen LogP contribution in [0.25, 0.3) is 0 Å². The predicted molar refractivity (Wildman–Crippen MR) is 111 cm³/mol. The summed E-state index contributed by atoms with van der Waals surface area (Å²) in [6.45, 7) is 14.2. The fraction of sp³-hybridized carbons (Fsp3) is 0.750. The summed E-state index contributed by atoms with van der Waals surface area (Å²) in [6.07, 6.45) is 9.77. The van der Waals surface area contributed by atoms with E-state index in [2.05, 4.69) is 41.5 Å². The lowest BCUT2D eigenvalue weighted by Gasteiger charge is -2.43. The van der Waals surface area contributed by atoms with Gasteiger partial charge in [0, 0.05) is 0 Å². The molecule has 150 valence electrons. The molecule has 0 saturated carbocycles. The zero-order valence-corrected chi connectivity index (χ0v) is 18.0. The van der Waals surface area contributed by atoms with E-state index in [1.165, 1.54) is 51.0 Å². The first-order chi connectivity index (χ1) is 12.2.